The molecule has 0 aromatic rings. The third-order valence-corrected chi connectivity index (χ3v) is 8.06. The van der Waals surface area contributed by atoms with E-state index in [2.05, 4.69) is 17.6 Å². The van der Waals surface area contributed by atoms with E-state index >= 15 is 0 Å². The summed E-state index contributed by atoms with van der Waals surface area (Å²) in [7, 11) is 1.96. The highest BCUT2D eigenvalue weighted by Gasteiger charge is 2.45. The van der Waals surface area contributed by atoms with Crippen LogP contribution in [-0.4, -0.2) is 166 Å². The molecule has 4 N–H and O–H groups in total. The minimum Gasteiger partial charge on any atom is -0.379 e. The minimum atomic E-state index is -1.74. The van der Waals surface area contributed by atoms with Crippen molar-refractivity contribution in [3.8, 4) is 0 Å². The molecule has 1 atom stereocenters. The van der Waals surface area contributed by atoms with E-state index in [0.29, 0.717) is 0 Å². The van der Waals surface area contributed by atoms with Gasteiger partial charge in [-0.1, -0.05) is 48.5 Å². The molecule has 0 aliphatic carbocycles. The van der Waals surface area contributed by atoms with Gasteiger partial charge < -0.3 is 40.1 Å². The Morgan fingerprint density at radius 1 is 0.610 bits per heavy atom. The summed E-state index contributed by atoms with van der Waals surface area (Å²) in [6.07, 6.45) is 7.63. The molecule has 8 amide bonds. The molecule has 0 aromatic carbocycles. The van der Waals surface area contributed by atoms with E-state index in [0.717, 1.165) is 57.7 Å². The Kier molecular flexibility index (Phi) is 28.8. The first-order valence-electron chi connectivity index (χ1n) is 20.0. The van der Waals surface area contributed by atoms with Gasteiger partial charge in [0.25, 0.3) is 35.4 Å². The monoisotopic (exact) mass is 838 g/mol. The average molecular weight is 839 g/mol. The van der Waals surface area contributed by atoms with Crippen molar-refractivity contribution in [3.63, 3.8) is 0 Å². The standard InChI is InChI=1S/C32H43N5O13.C4H11N.2C2H6/c1-22(2)30(31(33)45)34-23(38)9-10-46-11-12-47-13-14-48-15-16-49-17-18-50-32(19-35-24(39)3-4-25(35)40,20-36-26(41)5-6-27(36)42)21-37-28(43)7-8-29(37)44;1-3-4-5-2;2*1-2/h3-8,22,30H,9-21H2,1-2H3,(H2,33,45)(H,34,38);5H,3-4H2,1-2H3;2*1-2H3. The predicted molar refractivity (Wildman–Crippen MR) is 217 cm³/mol. The van der Waals surface area contributed by atoms with Crippen LogP contribution < -0.4 is 16.4 Å². The molecule has 0 saturated carbocycles. The molecule has 3 aliphatic rings. The average Bonchev–Trinajstić information content (AvgIpc) is 3.83. The van der Waals surface area contributed by atoms with Crippen LogP contribution in [0.4, 0.5) is 0 Å². The molecular weight excluding hydrogens is 772 g/mol. The highest BCUT2D eigenvalue weighted by Crippen LogP contribution is 2.24. The summed E-state index contributed by atoms with van der Waals surface area (Å²) < 4.78 is 27.9. The van der Waals surface area contributed by atoms with Crippen molar-refractivity contribution in [1.29, 1.82) is 0 Å². The fourth-order valence-electron chi connectivity index (χ4n) is 5.22. The van der Waals surface area contributed by atoms with E-state index in [-0.39, 0.29) is 77.7 Å². The molecule has 3 rings (SSSR count). The molecule has 0 spiro atoms. The molecule has 3 aliphatic heterocycles. The van der Waals surface area contributed by atoms with Gasteiger partial charge in [-0.3, -0.25) is 53.1 Å². The van der Waals surface area contributed by atoms with Gasteiger partial charge in [-0.15, -0.1) is 0 Å². The molecule has 0 saturated heterocycles. The molecule has 0 radical (unpaired) electrons. The largest absolute Gasteiger partial charge is 0.379 e. The van der Waals surface area contributed by atoms with Gasteiger partial charge in [0.1, 0.15) is 11.6 Å². The van der Waals surface area contributed by atoms with E-state index in [9.17, 15) is 38.4 Å². The van der Waals surface area contributed by atoms with Gasteiger partial charge in [-0.2, -0.15) is 0 Å². The minimum absolute atomic E-state index is 0.0158. The second kappa shape index (κ2) is 31.3. The summed E-state index contributed by atoms with van der Waals surface area (Å²) in [6, 6.07) is -0.736. The number of nitrogens with zero attached hydrogens (tertiary/aromatic N) is 3. The number of carbonyl (C=O) groups excluding carboxylic acids is 8. The van der Waals surface area contributed by atoms with E-state index < -0.39 is 72.6 Å². The third-order valence-electron chi connectivity index (χ3n) is 8.06. The Labute approximate surface area is 347 Å². The number of nitrogens with two attached hydrogens (primary N) is 1. The first kappa shape index (κ1) is 54.3. The number of hydrogen-bond donors (Lipinski definition) is 3. The van der Waals surface area contributed by atoms with E-state index in [1.807, 2.05) is 34.7 Å². The quantitative estimate of drug-likeness (QED) is 0.0744. The predicted octanol–water partition coefficient (Wildman–Crippen LogP) is 0.268. The number of imide groups is 3. The molecule has 59 heavy (non-hydrogen) atoms. The third kappa shape index (κ3) is 20.7. The van der Waals surface area contributed by atoms with Crippen LogP contribution in [0.1, 0.15) is 61.3 Å². The number of nitrogens with one attached hydrogen (secondary N) is 2. The van der Waals surface area contributed by atoms with Crippen LogP contribution in [-0.2, 0) is 62.0 Å². The summed E-state index contributed by atoms with van der Waals surface area (Å²) in [6.45, 7) is 14.9. The van der Waals surface area contributed by atoms with Gasteiger partial charge >= 0.3 is 0 Å². The lowest BCUT2D eigenvalue weighted by atomic mass is 10.0. The maximum absolute atomic E-state index is 12.4. The number of rotatable bonds is 27. The molecule has 3 heterocycles. The van der Waals surface area contributed by atoms with Gasteiger partial charge in [-0.05, 0) is 25.9 Å². The van der Waals surface area contributed by atoms with Crippen molar-refractivity contribution < 1.29 is 62.0 Å². The fraction of sp³-hybridized carbons (Fsp3) is 0.650. The number of carbonyl (C=O) groups is 8. The number of hydrogen-bond acceptors (Lipinski definition) is 14. The summed E-state index contributed by atoms with van der Waals surface area (Å²) in [4.78, 5) is 101. The zero-order valence-corrected chi connectivity index (χ0v) is 36.0. The van der Waals surface area contributed by atoms with Gasteiger partial charge in [0.05, 0.1) is 79.1 Å². The Morgan fingerprint density at radius 2 is 0.932 bits per heavy atom. The highest BCUT2D eigenvalue weighted by molar-refractivity contribution is 6.14. The molecule has 19 heteroatoms. The van der Waals surface area contributed by atoms with Crippen molar-refractivity contribution in [2.45, 2.75) is 73.0 Å². The van der Waals surface area contributed by atoms with Crippen molar-refractivity contribution in [3.05, 3.63) is 36.5 Å². The number of amides is 8. The number of primary amides is 1. The van der Waals surface area contributed by atoms with Gasteiger partial charge in [-0.25, -0.2) is 0 Å². The molecule has 0 aromatic heterocycles. The smallest absolute Gasteiger partial charge is 0.253 e. The summed E-state index contributed by atoms with van der Waals surface area (Å²) in [5.74, 6) is -5.03. The topological polar surface area (TPSA) is 243 Å². The molecule has 1 unspecified atom stereocenters. The molecule has 0 fully saturated rings. The van der Waals surface area contributed by atoms with Crippen LogP contribution in [0.15, 0.2) is 36.5 Å². The van der Waals surface area contributed by atoms with Crippen LogP contribution >= 0.6 is 0 Å². The lowest BCUT2D eigenvalue weighted by molar-refractivity contribution is -0.157. The van der Waals surface area contributed by atoms with Crippen LogP contribution in [0.25, 0.3) is 0 Å². The lowest BCUT2D eigenvalue weighted by Crippen LogP contribution is -2.61. The summed E-state index contributed by atoms with van der Waals surface area (Å²) in [5, 5.41) is 5.60. The van der Waals surface area contributed by atoms with Crippen LogP contribution in [0.5, 0.6) is 0 Å². The molecule has 334 valence electrons. The molecule has 0 bridgehead atoms. The maximum Gasteiger partial charge on any atom is 0.253 e. The Balaban J connectivity index is 0.00000341. The molecule has 19 nitrogen and oxygen atoms in total. The SMILES string of the molecule is CC.CC.CC(C)C(NC(=O)CCOCCOCCOCCOCCOC(CN1C(=O)C=CC1=O)(CN1C(=O)C=CC1=O)CN1C(=O)C=CC1=O)C(N)=O.CCCNC. The second-order valence-electron chi connectivity index (χ2n) is 12.8. The van der Waals surface area contributed by atoms with E-state index in [1.54, 1.807) is 13.8 Å². The normalized spacial score (nSPS) is 15.0. The van der Waals surface area contributed by atoms with E-state index in [4.69, 9.17) is 29.4 Å². The fourth-order valence-corrected chi connectivity index (χ4v) is 5.22. The van der Waals surface area contributed by atoms with Crippen LogP contribution in [0.2, 0.25) is 0 Å². The van der Waals surface area contributed by atoms with E-state index in [1.165, 1.54) is 6.42 Å². The van der Waals surface area contributed by atoms with Crippen molar-refractivity contribution >= 4 is 47.3 Å². The lowest BCUT2D eigenvalue weighted by Gasteiger charge is -2.40. The van der Waals surface area contributed by atoms with Crippen molar-refractivity contribution in [2.24, 2.45) is 11.7 Å². The first-order chi connectivity index (χ1) is 28.2. The van der Waals surface area contributed by atoms with Crippen molar-refractivity contribution in [1.82, 2.24) is 25.3 Å². The Hall–Kier alpha value is -4.66. The Morgan fingerprint density at radius 3 is 1.20 bits per heavy atom. The summed E-state index contributed by atoms with van der Waals surface area (Å²) >= 11 is 0. The Bertz CT molecular complexity index is 1290. The number of ether oxygens (including phenoxy) is 5. The highest BCUT2D eigenvalue weighted by atomic mass is 16.6. The molecular formula is C40H66N6O13. The second-order valence-corrected chi connectivity index (χ2v) is 12.8. The van der Waals surface area contributed by atoms with Crippen LogP contribution in [0, 0.1) is 5.92 Å². The van der Waals surface area contributed by atoms with Gasteiger partial charge in [0, 0.05) is 42.9 Å². The van der Waals surface area contributed by atoms with Gasteiger partial charge in [0.2, 0.25) is 11.8 Å². The maximum atomic E-state index is 12.4. The van der Waals surface area contributed by atoms with Crippen LogP contribution in [0.3, 0.4) is 0 Å². The van der Waals surface area contributed by atoms with Gasteiger partial charge in [0.15, 0.2) is 0 Å². The summed E-state index contributed by atoms with van der Waals surface area (Å²) in [5.41, 5.74) is 3.55. The van der Waals surface area contributed by atoms with Crippen molar-refractivity contribution in [2.75, 3.05) is 92.7 Å². The zero-order chi connectivity index (χ0) is 44.8. The first-order valence-corrected chi connectivity index (χ1v) is 20.0. The zero-order valence-electron chi connectivity index (χ0n) is 36.0.